The first-order valence-corrected chi connectivity index (χ1v) is 6.16. The van der Waals surface area contributed by atoms with E-state index in [-0.39, 0.29) is 11.9 Å². The number of nitrogens with zero attached hydrogens (tertiary/aromatic N) is 2. The van der Waals surface area contributed by atoms with Crippen LogP contribution in [0.4, 0.5) is 0 Å². The normalized spacial score (nSPS) is 17.2. The average Bonchev–Trinajstić information content (AvgIpc) is 3.06. The van der Waals surface area contributed by atoms with Crippen LogP contribution in [0.15, 0.2) is 0 Å². The topological polar surface area (TPSA) is 44.1 Å². The van der Waals surface area contributed by atoms with Gasteiger partial charge < -0.3 is 4.74 Å². The number of ketones is 1. The van der Waals surface area contributed by atoms with Crippen molar-refractivity contribution in [3.8, 4) is 0 Å². The molecule has 5 heteroatoms. The van der Waals surface area contributed by atoms with Crippen LogP contribution in [0.3, 0.4) is 0 Å². The Morgan fingerprint density at radius 3 is 2.71 bits per heavy atom. The predicted molar refractivity (Wildman–Crippen MR) is 65.2 cm³/mol. The molecule has 0 N–H and O–H groups in total. The maximum absolute atomic E-state index is 12.1. The number of halogens is 1. The van der Waals surface area contributed by atoms with E-state index in [1.54, 1.807) is 18.8 Å². The highest BCUT2D eigenvalue weighted by Crippen LogP contribution is 2.35. The van der Waals surface area contributed by atoms with E-state index in [2.05, 4.69) is 5.10 Å². The fourth-order valence-electron chi connectivity index (χ4n) is 2.12. The maximum atomic E-state index is 12.1. The van der Waals surface area contributed by atoms with Crippen molar-refractivity contribution in [2.45, 2.75) is 32.3 Å². The summed E-state index contributed by atoms with van der Waals surface area (Å²) in [5.41, 5.74) is 1.54. The minimum Gasteiger partial charge on any atom is -0.373 e. The number of hydrogen-bond donors (Lipinski definition) is 0. The number of aryl methyl sites for hydroxylation is 2. The third-order valence-electron chi connectivity index (χ3n) is 3.22. The van der Waals surface area contributed by atoms with Gasteiger partial charge in [-0.2, -0.15) is 5.10 Å². The van der Waals surface area contributed by atoms with Crippen molar-refractivity contribution in [3.63, 3.8) is 0 Å². The summed E-state index contributed by atoms with van der Waals surface area (Å²) in [6.07, 6.45) is 2.19. The lowest BCUT2D eigenvalue weighted by atomic mass is 10.1. The van der Waals surface area contributed by atoms with Crippen LogP contribution < -0.4 is 0 Å². The summed E-state index contributed by atoms with van der Waals surface area (Å²) in [5, 5.41) is 4.79. The van der Waals surface area contributed by atoms with Crippen LogP contribution in [0.1, 0.15) is 24.2 Å². The lowest BCUT2D eigenvalue weighted by Gasteiger charge is -2.13. The molecule has 2 rings (SSSR count). The van der Waals surface area contributed by atoms with Crippen LogP contribution in [0, 0.1) is 12.8 Å². The molecule has 1 fully saturated rings. The molecule has 1 saturated carbocycles. The first kappa shape index (κ1) is 12.6. The number of Topliss-reactive ketones (excluding diaryl/α,β-unsaturated/α-hetero) is 1. The average molecular weight is 257 g/mol. The van der Waals surface area contributed by atoms with E-state index >= 15 is 0 Å². The van der Waals surface area contributed by atoms with Gasteiger partial charge in [-0.15, -0.1) is 0 Å². The van der Waals surface area contributed by atoms with Crippen molar-refractivity contribution in [2.75, 3.05) is 7.11 Å². The van der Waals surface area contributed by atoms with Crippen LogP contribution in [0.5, 0.6) is 0 Å². The fourth-order valence-corrected chi connectivity index (χ4v) is 2.35. The summed E-state index contributed by atoms with van der Waals surface area (Å²) in [4.78, 5) is 12.1. The minimum absolute atomic E-state index is 0.0971. The lowest BCUT2D eigenvalue weighted by molar-refractivity contribution is -0.129. The van der Waals surface area contributed by atoms with Crippen molar-refractivity contribution in [1.29, 1.82) is 0 Å². The van der Waals surface area contributed by atoms with Gasteiger partial charge in [-0.25, -0.2) is 0 Å². The zero-order valence-corrected chi connectivity index (χ0v) is 11.1. The third-order valence-corrected chi connectivity index (χ3v) is 3.72. The number of carbonyl (C=O) groups excluding carboxylic acids is 1. The Morgan fingerprint density at radius 1 is 1.65 bits per heavy atom. The maximum Gasteiger partial charge on any atom is 0.167 e. The lowest BCUT2D eigenvalue weighted by Crippen LogP contribution is -2.27. The molecule has 4 nitrogen and oxygen atoms in total. The molecule has 0 amide bonds. The number of hydrogen-bond acceptors (Lipinski definition) is 3. The van der Waals surface area contributed by atoms with E-state index in [4.69, 9.17) is 16.3 Å². The predicted octanol–water partition coefficient (Wildman–Crippen LogP) is 1.92. The Labute approximate surface area is 106 Å². The second-order valence-corrected chi connectivity index (χ2v) is 4.98. The minimum atomic E-state index is -0.277. The summed E-state index contributed by atoms with van der Waals surface area (Å²) in [7, 11) is 3.40. The molecule has 0 spiro atoms. The molecule has 0 radical (unpaired) electrons. The van der Waals surface area contributed by atoms with E-state index in [1.807, 2.05) is 6.92 Å². The number of methoxy groups -OCH3 is 1. The molecule has 1 aromatic rings. The highest BCUT2D eigenvalue weighted by molar-refractivity contribution is 6.32. The number of aromatic nitrogens is 2. The quantitative estimate of drug-likeness (QED) is 0.809. The van der Waals surface area contributed by atoms with Gasteiger partial charge in [0, 0.05) is 14.2 Å². The summed E-state index contributed by atoms with van der Waals surface area (Å²) in [6.45, 7) is 1.84. The molecule has 0 aliphatic heterocycles. The van der Waals surface area contributed by atoms with Gasteiger partial charge >= 0.3 is 0 Å². The van der Waals surface area contributed by atoms with Gasteiger partial charge in [0.05, 0.1) is 22.8 Å². The van der Waals surface area contributed by atoms with Crippen molar-refractivity contribution in [2.24, 2.45) is 13.0 Å². The van der Waals surface area contributed by atoms with Gasteiger partial charge in [0.25, 0.3) is 0 Å². The van der Waals surface area contributed by atoms with Gasteiger partial charge in [0.15, 0.2) is 5.78 Å². The van der Waals surface area contributed by atoms with Crippen molar-refractivity contribution < 1.29 is 9.53 Å². The Morgan fingerprint density at radius 2 is 2.29 bits per heavy atom. The van der Waals surface area contributed by atoms with E-state index in [1.165, 1.54) is 0 Å². The molecule has 1 aromatic heterocycles. The van der Waals surface area contributed by atoms with Gasteiger partial charge in [0.1, 0.15) is 6.10 Å². The molecule has 1 aliphatic carbocycles. The standard InChI is InChI=1S/C12H17ClN2O2/c1-7-11(13)9(15(2)14-7)6-10(16)12(17-3)8-4-5-8/h8,12H,4-6H2,1-3H3. The smallest absolute Gasteiger partial charge is 0.167 e. The molecule has 1 unspecified atom stereocenters. The zero-order valence-electron chi connectivity index (χ0n) is 10.4. The molecule has 1 atom stereocenters. The van der Waals surface area contributed by atoms with Crippen LogP contribution in [-0.4, -0.2) is 28.8 Å². The van der Waals surface area contributed by atoms with Crippen molar-refractivity contribution >= 4 is 17.4 Å². The van der Waals surface area contributed by atoms with E-state index < -0.39 is 0 Å². The van der Waals surface area contributed by atoms with Gasteiger partial charge in [-0.1, -0.05) is 11.6 Å². The van der Waals surface area contributed by atoms with E-state index in [0.29, 0.717) is 17.4 Å². The molecular weight excluding hydrogens is 240 g/mol. The molecule has 94 valence electrons. The third kappa shape index (κ3) is 2.53. The first-order valence-electron chi connectivity index (χ1n) is 5.78. The highest BCUT2D eigenvalue weighted by atomic mass is 35.5. The molecule has 1 heterocycles. The molecule has 0 saturated heterocycles. The molecule has 1 aliphatic rings. The molecule has 0 bridgehead atoms. The number of rotatable bonds is 5. The monoisotopic (exact) mass is 256 g/mol. The van der Waals surface area contributed by atoms with Crippen molar-refractivity contribution in [1.82, 2.24) is 9.78 Å². The van der Waals surface area contributed by atoms with Gasteiger partial charge in [-0.3, -0.25) is 9.48 Å². The Kier molecular flexibility index (Phi) is 3.54. The van der Waals surface area contributed by atoms with Crippen LogP contribution in [0.2, 0.25) is 5.02 Å². The Balaban J connectivity index is 2.11. The number of carbonyl (C=O) groups is 1. The molecule has 17 heavy (non-hydrogen) atoms. The van der Waals surface area contributed by atoms with Crippen LogP contribution in [0.25, 0.3) is 0 Å². The van der Waals surface area contributed by atoms with Crippen LogP contribution >= 0.6 is 11.6 Å². The largest absolute Gasteiger partial charge is 0.373 e. The van der Waals surface area contributed by atoms with Gasteiger partial charge in [0.2, 0.25) is 0 Å². The SMILES string of the molecule is COC(C(=O)Cc1c(Cl)c(C)nn1C)C1CC1. The number of ether oxygens (including phenoxy) is 1. The first-order chi connectivity index (χ1) is 8.04. The molecule has 0 aromatic carbocycles. The summed E-state index contributed by atoms with van der Waals surface area (Å²) >= 11 is 6.12. The fraction of sp³-hybridized carbons (Fsp3) is 0.667. The Hall–Kier alpha value is -0.870. The summed E-state index contributed by atoms with van der Waals surface area (Å²) in [5.74, 6) is 0.500. The highest BCUT2D eigenvalue weighted by Gasteiger charge is 2.36. The van der Waals surface area contributed by atoms with E-state index in [0.717, 1.165) is 24.2 Å². The molecular formula is C12H17ClN2O2. The van der Waals surface area contributed by atoms with Crippen LogP contribution in [-0.2, 0) is 23.0 Å². The van der Waals surface area contributed by atoms with E-state index in [9.17, 15) is 4.79 Å². The second kappa shape index (κ2) is 4.78. The summed E-state index contributed by atoms with van der Waals surface area (Å²) in [6, 6.07) is 0. The zero-order chi connectivity index (χ0) is 12.6. The second-order valence-electron chi connectivity index (χ2n) is 4.61. The Bertz CT molecular complexity index is 438. The summed E-state index contributed by atoms with van der Waals surface area (Å²) < 4.78 is 6.95. The van der Waals surface area contributed by atoms with Gasteiger partial charge in [-0.05, 0) is 25.7 Å². The van der Waals surface area contributed by atoms with Crippen molar-refractivity contribution in [3.05, 3.63) is 16.4 Å².